The van der Waals surface area contributed by atoms with Gasteiger partial charge in [-0.1, -0.05) is 6.92 Å². The summed E-state index contributed by atoms with van der Waals surface area (Å²) in [6.45, 7) is 3.20. The van der Waals surface area contributed by atoms with Gasteiger partial charge in [0.25, 0.3) is 0 Å². The maximum Gasteiger partial charge on any atom is 0.179 e. The fraction of sp³-hybridized carbons (Fsp3) is 0.800. The van der Waals surface area contributed by atoms with Crippen LogP contribution in [0.25, 0.3) is 0 Å². The van der Waals surface area contributed by atoms with Gasteiger partial charge in [-0.2, -0.15) is 0 Å². The van der Waals surface area contributed by atoms with E-state index in [0.717, 1.165) is 12.1 Å². The molecule has 0 aromatic carbocycles. The van der Waals surface area contributed by atoms with Gasteiger partial charge in [0, 0.05) is 5.71 Å². The molecule has 0 rings (SSSR count). The van der Waals surface area contributed by atoms with Gasteiger partial charge in [0.1, 0.15) is 0 Å². The van der Waals surface area contributed by atoms with Crippen LogP contribution in [-0.4, -0.2) is 12.5 Å². The Morgan fingerprint density at radius 2 is 2.29 bits per heavy atom. The third-order valence-electron chi connectivity index (χ3n) is 0.841. The highest BCUT2D eigenvalue weighted by Crippen LogP contribution is 1.82. The summed E-state index contributed by atoms with van der Waals surface area (Å²) in [6.07, 6.45) is 0.851. The number of hydrogen-bond donors (Lipinski definition) is 0. The molecule has 0 saturated heterocycles. The normalized spacial score (nSPS) is 12.1. The average molecular weight is 103 g/mol. The van der Waals surface area contributed by atoms with Crippen molar-refractivity contribution in [3.63, 3.8) is 0 Å². The van der Waals surface area contributed by atoms with Crippen molar-refractivity contribution in [2.45, 2.75) is 20.3 Å². The second-order valence-corrected chi connectivity index (χ2v) is 1.37. The Morgan fingerprint density at radius 3 is 2.43 bits per heavy atom. The number of rotatable bonds is 2. The van der Waals surface area contributed by atoms with Crippen LogP contribution in [0.1, 0.15) is 20.3 Å². The summed E-state index contributed by atoms with van der Waals surface area (Å²) in [5, 5.41) is 0. The van der Waals surface area contributed by atoms with Crippen LogP contribution in [0, 0.1) is 0 Å². The van der Waals surface area contributed by atoms with E-state index in [-0.39, 0.29) is 0 Å². The molecule has 0 amide bonds. The minimum absolute atomic E-state index is 0.570. The van der Waals surface area contributed by atoms with Crippen LogP contribution in [0.5, 0.6) is 0 Å². The standard InChI is InChI=1S/C5H10FN/c1-3-5(2)7-4-6/h3-4H2,1-2H3. The zero-order valence-electron chi connectivity index (χ0n) is 4.74. The van der Waals surface area contributed by atoms with E-state index in [0.29, 0.717) is 0 Å². The molecule has 0 aliphatic carbocycles. The van der Waals surface area contributed by atoms with E-state index >= 15 is 0 Å². The number of halogens is 1. The second kappa shape index (κ2) is 3.78. The van der Waals surface area contributed by atoms with E-state index in [2.05, 4.69) is 4.99 Å². The van der Waals surface area contributed by atoms with Gasteiger partial charge in [-0.05, 0) is 13.3 Å². The minimum atomic E-state index is -0.570. The first kappa shape index (κ1) is 6.60. The smallest absolute Gasteiger partial charge is 0.179 e. The summed E-state index contributed by atoms with van der Waals surface area (Å²) in [5.74, 6) is 0. The van der Waals surface area contributed by atoms with E-state index in [1.165, 1.54) is 0 Å². The van der Waals surface area contributed by atoms with Crippen LogP contribution in [-0.2, 0) is 0 Å². The Labute approximate surface area is 43.3 Å². The van der Waals surface area contributed by atoms with E-state index in [4.69, 9.17) is 0 Å². The van der Waals surface area contributed by atoms with Crippen molar-refractivity contribution in [3.05, 3.63) is 0 Å². The maximum atomic E-state index is 11.2. The fourth-order valence-electron chi connectivity index (χ4n) is 0.214. The summed E-state index contributed by atoms with van der Waals surface area (Å²) in [5.41, 5.74) is 0.877. The fourth-order valence-corrected chi connectivity index (χ4v) is 0.214. The molecule has 0 N–H and O–H groups in total. The molecule has 0 saturated carbocycles. The van der Waals surface area contributed by atoms with Gasteiger partial charge >= 0.3 is 0 Å². The first-order chi connectivity index (χ1) is 3.31. The summed E-state index contributed by atoms with van der Waals surface area (Å²) < 4.78 is 11.2. The molecule has 0 aromatic heterocycles. The van der Waals surface area contributed by atoms with Crippen LogP contribution >= 0.6 is 0 Å². The summed E-state index contributed by atoms with van der Waals surface area (Å²) in [7, 11) is 0. The van der Waals surface area contributed by atoms with Gasteiger partial charge in [-0.15, -0.1) is 0 Å². The van der Waals surface area contributed by atoms with Crippen LogP contribution in [0.3, 0.4) is 0 Å². The average Bonchev–Trinajstić information content (AvgIpc) is 1.68. The zero-order valence-corrected chi connectivity index (χ0v) is 4.74. The van der Waals surface area contributed by atoms with E-state index < -0.39 is 6.80 Å². The molecule has 0 aromatic rings. The molecule has 7 heavy (non-hydrogen) atoms. The zero-order chi connectivity index (χ0) is 5.70. The molecule has 0 radical (unpaired) electrons. The Balaban J connectivity index is 3.29. The van der Waals surface area contributed by atoms with Crippen LogP contribution in [0.4, 0.5) is 4.39 Å². The lowest BCUT2D eigenvalue weighted by Gasteiger charge is -1.86. The van der Waals surface area contributed by atoms with Gasteiger partial charge in [0.15, 0.2) is 6.80 Å². The lowest BCUT2D eigenvalue weighted by molar-refractivity contribution is 0.512. The Hall–Kier alpha value is -0.400. The molecule has 0 unspecified atom stereocenters. The van der Waals surface area contributed by atoms with Crippen LogP contribution in [0.2, 0.25) is 0 Å². The Bertz CT molecular complexity index is 68.5. The highest BCUT2D eigenvalue weighted by Gasteiger charge is 1.79. The predicted octanol–water partition coefficient (Wildman–Crippen LogP) is 1.78. The van der Waals surface area contributed by atoms with E-state index in [1.54, 1.807) is 0 Å². The molecular weight excluding hydrogens is 93.1 g/mol. The molecule has 0 heterocycles. The maximum absolute atomic E-state index is 11.2. The van der Waals surface area contributed by atoms with Gasteiger partial charge in [-0.25, -0.2) is 4.39 Å². The predicted molar refractivity (Wildman–Crippen MR) is 29.4 cm³/mol. The van der Waals surface area contributed by atoms with Gasteiger partial charge < -0.3 is 0 Å². The number of hydrogen-bond acceptors (Lipinski definition) is 1. The first-order valence-electron chi connectivity index (χ1n) is 2.37. The van der Waals surface area contributed by atoms with Gasteiger partial charge in [-0.3, -0.25) is 4.99 Å². The SMILES string of the molecule is CCC(C)=NCF. The molecule has 0 atom stereocenters. The molecule has 2 heteroatoms. The summed E-state index contributed by atoms with van der Waals surface area (Å²) in [6, 6.07) is 0. The molecule has 1 nitrogen and oxygen atoms in total. The van der Waals surface area contributed by atoms with Crippen molar-refractivity contribution < 1.29 is 4.39 Å². The van der Waals surface area contributed by atoms with Crippen molar-refractivity contribution in [1.82, 2.24) is 0 Å². The quantitative estimate of drug-likeness (QED) is 0.373. The summed E-state index contributed by atoms with van der Waals surface area (Å²) in [4.78, 5) is 3.49. The monoisotopic (exact) mass is 103 g/mol. The Morgan fingerprint density at radius 1 is 1.71 bits per heavy atom. The van der Waals surface area contributed by atoms with E-state index in [1.807, 2.05) is 13.8 Å². The lowest BCUT2D eigenvalue weighted by atomic mass is 10.3. The van der Waals surface area contributed by atoms with E-state index in [9.17, 15) is 4.39 Å². The highest BCUT2D eigenvalue weighted by atomic mass is 19.1. The topological polar surface area (TPSA) is 12.4 Å². The molecule has 0 aliphatic heterocycles. The van der Waals surface area contributed by atoms with Crippen molar-refractivity contribution in [2.75, 3.05) is 6.80 Å². The summed E-state index contributed by atoms with van der Waals surface area (Å²) >= 11 is 0. The van der Waals surface area contributed by atoms with Gasteiger partial charge in [0.05, 0.1) is 0 Å². The largest absolute Gasteiger partial charge is 0.261 e. The molecule has 0 spiro atoms. The molecule has 0 aliphatic rings. The van der Waals surface area contributed by atoms with Crippen molar-refractivity contribution in [3.8, 4) is 0 Å². The molecular formula is C5H10FN. The number of aliphatic imine (C=N–C) groups is 1. The van der Waals surface area contributed by atoms with Gasteiger partial charge in [0.2, 0.25) is 0 Å². The van der Waals surface area contributed by atoms with Crippen LogP contribution in [0.15, 0.2) is 4.99 Å². The van der Waals surface area contributed by atoms with Crippen LogP contribution < -0.4 is 0 Å². The van der Waals surface area contributed by atoms with Crippen molar-refractivity contribution in [1.29, 1.82) is 0 Å². The molecule has 0 bridgehead atoms. The highest BCUT2D eigenvalue weighted by molar-refractivity contribution is 5.81. The second-order valence-electron chi connectivity index (χ2n) is 1.37. The lowest BCUT2D eigenvalue weighted by Crippen LogP contribution is -1.86. The first-order valence-corrected chi connectivity index (χ1v) is 2.37. The van der Waals surface area contributed by atoms with Crippen molar-refractivity contribution in [2.24, 2.45) is 4.99 Å². The number of nitrogens with zero attached hydrogens (tertiary/aromatic N) is 1. The minimum Gasteiger partial charge on any atom is -0.261 e. The molecule has 42 valence electrons. The Kier molecular flexibility index (Phi) is 3.56. The number of alkyl halides is 1. The third-order valence-corrected chi connectivity index (χ3v) is 0.841. The molecule has 0 fully saturated rings. The van der Waals surface area contributed by atoms with Crippen molar-refractivity contribution >= 4 is 5.71 Å². The third kappa shape index (κ3) is 3.43.